The molecule has 1 saturated heterocycles. The number of aromatic nitrogens is 3. The molecule has 24 heavy (non-hydrogen) atoms. The molecule has 1 aliphatic heterocycles. The van der Waals surface area contributed by atoms with Crippen molar-refractivity contribution in [2.45, 2.75) is 12.3 Å². The van der Waals surface area contributed by atoms with E-state index < -0.39 is 10.0 Å². The van der Waals surface area contributed by atoms with Crippen LogP contribution in [0.25, 0.3) is 21.9 Å². The number of hydrogen-bond acceptors (Lipinski definition) is 5. The Morgan fingerprint density at radius 1 is 1.38 bits per heavy atom. The van der Waals surface area contributed by atoms with Crippen LogP contribution >= 0.6 is 0 Å². The van der Waals surface area contributed by atoms with Gasteiger partial charge in [-0.2, -0.15) is 0 Å². The maximum atomic E-state index is 12.3. The molecule has 8 heteroatoms. The average Bonchev–Trinajstić information content (AvgIpc) is 3.23. The van der Waals surface area contributed by atoms with E-state index >= 15 is 0 Å². The lowest BCUT2D eigenvalue weighted by Crippen LogP contribution is -2.35. The summed E-state index contributed by atoms with van der Waals surface area (Å²) in [5.41, 5.74) is 2.83. The first-order valence-electron chi connectivity index (χ1n) is 7.93. The molecular weight excluding hydrogens is 326 g/mol. The molecular formula is C16H19N5O2S. The number of rotatable bonds is 4. The lowest BCUT2D eigenvalue weighted by Gasteiger charge is -2.17. The van der Waals surface area contributed by atoms with E-state index in [-0.39, 0.29) is 11.8 Å². The van der Waals surface area contributed by atoms with Gasteiger partial charge in [-0.15, -0.1) is 0 Å². The minimum Gasteiger partial charge on any atom is -0.360 e. The van der Waals surface area contributed by atoms with Gasteiger partial charge in [0, 0.05) is 36.3 Å². The first kappa shape index (κ1) is 15.5. The molecule has 4 rings (SSSR count). The van der Waals surface area contributed by atoms with Crippen molar-refractivity contribution in [2.24, 2.45) is 0 Å². The Kier molecular flexibility index (Phi) is 3.75. The van der Waals surface area contributed by atoms with E-state index in [0.29, 0.717) is 13.1 Å². The molecule has 0 bridgehead atoms. The molecule has 7 nitrogen and oxygen atoms in total. The third-order valence-electron chi connectivity index (χ3n) is 4.63. The second-order valence-corrected chi connectivity index (χ2v) is 8.08. The van der Waals surface area contributed by atoms with Gasteiger partial charge >= 0.3 is 0 Å². The Labute approximate surface area is 140 Å². The molecule has 4 heterocycles. The second-order valence-electron chi connectivity index (χ2n) is 6.12. The van der Waals surface area contributed by atoms with Gasteiger partial charge < -0.3 is 10.3 Å². The molecule has 2 N–H and O–H groups in total. The van der Waals surface area contributed by atoms with Gasteiger partial charge in [0.25, 0.3) is 0 Å². The second kappa shape index (κ2) is 5.80. The van der Waals surface area contributed by atoms with Crippen molar-refractivity contribution in [1.29, 1.82) is 0 Å². The summed E-state index contributed by atoms with van der Waals surface area (Å²) < 4.78 is 26.1. The summed E-state index contributed by atoms with van der Waals surface area (Å²) in [6, 6.07) is 4.01. The van der Waals surface area contributed by atoms with Crippen LogP contribution in [0.2, 0.25) is 0 Å². The van der Waals surface area contributed by atoms with Gasteiger partial charge in [-0.3, -0.25) is 0 Å². The summed E-state index contributed by atoms with van der Waals surface area (Å²) >= 11 is 0. The van der Waals surface area contributed by atoms with Gasteiger partial charge in [-0.1, -0.05) is 0 Å². The summed E-state index contributed by atoms with van der Waals surface area (Å²) in [5, 5.41) is 4.84. The van der Waals surface area contributed by atoms with Crippen LogP contribution in [0.5, 0.6) is 0 Å². The lowest BCUT2D eigenvalue weighted by atomic mass is 9.94. The maximum absolute atomic E-state index is 12.3. The highest BCUT2D eigenvalue weighted by Gasteiger charge is 2.32. The van der Waals surface area contributed by atoms with Gasteiger partial charge in [-0.25, -0.2) is 22.7 Å². The SMILES string of the molecule is CNCS(=O)(=O)N1CCC(c2cc[nH]c3cnc4nccc4c23)C1. The molecule has 1 unspecified atom stereocenters. The van der Waals surface area contributed by atoms with E-state index in [1.54, 1.807) is 23.7 Å². The van der Waals surface area contributed by atoms with Crippen molar-refractivity contribution in [3.8, 4) is 0 Å². The van der Waals surface area contributed by atoms with Gasteiger partial charge in [0.1, 0.15) is 5.88 Å². The minimum atomic E-state index is -3.25. The van der Waals surface area contributed by atoms with E-state index in [2.05, 4.69) is 20.3 Å². The highest BCUT2D eigenvalue weighted by Crippen LogP contribution is 2.35. The normalized spacial score (nSPS) is 19.5. The lowest BCUT2D eigenvalue weighted by molar-refractivity contribution is 0.470. The van der Waals surface area contributed by atoms with Crippen LogP contribution in [0.4, 0.5) is 0 Å². The summed E-state index contributed by atoms with van der Waals surface area (Å²) in [6.45, 7) is 1.07. The minimum absolute atomic E-state index is 0.0238. The predicted molar refractivity (Wildman–Crippen MR) is 93.2 cm³/mol. The first-order chi connectivity index (χ1) is 11.6. The van der Waals surface area contributed by atoms with Crippen LogP contribution in [0.15, 0.2) is 30.7 Å². The Balaban J connectivity index is 1.77. The van der Waals surface area contributed by atoms with Crippen molar-refractivity contribution in [2.75, 3.05) is 26.0 Å². The highest BCUT2D eigenvalue weighted by atomic mass is 32.2. The van der Waals surface area contributed by atoms with Gasteiger partial charge in [-0.05, 0) is 37.1 Å². The van der Waals surface area contributed by atoms with Gasteiger partial charge in [0.05, 0.1) is 11.7 Å². The maximum Gasteiger partial charge on any atom is 0.227 e. The van der Waals surface area contributed by atoms with Crippen LogP contribution in [-0.2, 0) is 10.0 Å². The number of hydrogen-bond donors (Lipinski definition) is 2. The molecule has 1 atom stereocenters. The predicted octanol–water partition coefficient (Wildman–Crippen LogP) is 1.41. The molecule has 1 fully saturated rings. The monoisotopic (exact) mass is 345 g/mol. The standard InChI is InChI=1S/C16H19N5O2S/c1-17-10-24(22,23)21-7-4-11(9-21)12-2-5-18-14-8-20-16-13(15(12)14)3-6-19-16/h2-3,5-6,8,11,17-18H,4,7,9-10H2,1H3. The van der Waals surface area contributed by atoms with Crippen molar-refractivity contribution >= 4 is 32.0 Å². The van der Waals surface area contributed by atoms with Crippen LogP contribution < -0.4 is 5.32 Å². The molecule has 0 aliphatic carbocycles. The average molecular weight is 345 g/mol. The molecule has 0 amide bonds. The van der Waals surface area contributed by atoms with Crippen molar-refractivity contribution in [3.63, 3.8) is 0 Å². The van der Waals surface area contributed by atoms with E-state index in [9.17, 15) is 8.42 Å². The summed E-state index contributed by atoms with van der Waals surface area (Å²) in [7, 11) is -1.60. The van der Waals surface area contributed by atoms with Crippen LogP contribution in [0.1, 0.15) is 17.9 Å². The van der Waals surface area contributed by atoms with Crippen molar-refractivity contribution < 1.29 is 8.42 Å². The van der Waals surface area contributed by atoms with Crippen molar-refractivity contribution in [1.82, 2.24) is 24.6 Å². The Morgan fingerprint density at radius 2 is 2.25 bits per heavy atom. The van der Waals surface area contributed by atoms with Crippen LogP contribution in [0.3, 0.4) is 0 Å². The molecule has 0 radical (unpaired) electrons. The molecule has 1 aliphatic rings. The summed E-state index contributed by atoms with van der Waals surface area (Å²) in [6.07, 6.45) is 6.26. The molecule has 0 aromatic carbocycles. The zero-order chi connectivity index (χ0) is 16.7. The number of nitrogens with zero attached hydrogens (tertiary/aromatic N) is 3. The quantitative estimate of drug-likeness (QED) is 0.746. The Hall–Kier alpha value is -2.03. The third-order valence-corrected chi connectivity index (χ3v) is 6.41. The fourth-order valence-electron chi connectivity index (χ4n) is 3.53. The van der Waals surface area contributed by atoms with E-state index in [1.807, 2.05) is 18.3 Å². The molecule has 0 spiro atoms. The summed E-state index contributed by atoms with van der Waals surface area (Å²) in [4.78, 5) is 11.9. The largest absolute Gasteiger partial charge is 0.360 e. The molecule has 3 aromatic rings. The molecule has 126 valence electrons. The van der Waals surface area contributed by atoms with Gasteiger partial charge in [0.2, 0.25) is 10.0 Å². The fraction of sp³-hybridized carbons (Fsp3) is 0.375. The van der Waals surface area contributed by atoms with Crippen LogP contribution in [0, 0.1) is 0 Å². The topological polar surface area (TPSA) is 91.0 Å². The smallest absolute Gasteiger partial charge is 0.227 e. The number of sulfonamides is 1. The number of H-pyrrole nitrogens is 1. The van der Waals surface area contributed by atoms with E-state index in [4.69, 9.17) is 0 Å². The molecule has 0 saturated carbocycles. The highest BCUT2D eigenvalue weighted by molar-refractivity contribution is 7.89. The molecule has 3 aromatic heterocycles. The zero-order valence-corrected chi connectivity index (χ0v) is 14.2. The Bertz CT molecular complexity index is 998. The number of pyridine rings is 2. The first-order valence-corrected chi connectivity index (χ1v) is 9.54. The summed E-state index contributed by atoms with van der Waals surface area (Å²) in [5.74, 6) is 0.151. The Morgan fingerprint density at radius 3 is 3.08 bits per heavy atom. The number of fused-ring (bicyclic) bond motifs is 3. The van der Waals surface area contributed by atoms with E-state index in [0.717, 1.165) is 33.9 Å². The van der Waals surface area contributed by atoms with E-state index in [1.165, 1.54) is 0 Å². The van der Waals surface area contributed by atoms with Crippen molar-refractivity contribution in [3.05, 3.63) is 36.3 Å². The fourth-order valence-corrected chi connectivity index (χ4v) is 4.87. The van der Waals surface area contributed by atoms with Gasteiger partial charge in [0.15, 0.2) is 5.65 Å². The number of nitrogens with one attached hydrogen (secondary N) is 2. The third kappa shape index (κ3) is 2.47. The van der Waals surface area contributed by atoms with Crippen LogP contribution in [-0.4, -0.2) is 53.7 Å². The zero-order valence-electron chi connectivity index (χ0n) is 13.4. The number of aromatic amines is 1.